The number of carbonyl (C=O) groups is 3. The summed E-state index contributed by atoms with van der Waals surface area (Å²) < 4.78 is 0. The van der Waals surface area contributed by atoms with Crippen molar-refractivity contribution in [1.29, 1.82) is 0 Å². The van der Waals surface area contributed by atoms with E-state index in [0.717, 1.165) is 47.7 Å². The number of carboxylic acid groups (broad SMARTS) is 1. The lowest BCUT2D eigenvalue weighted by Crippen LogP contribution is -2.39. The maximum Gasteiger partial charge on any atom is 0.325 e. The maximum absolute atomic E-state index is 12.6. The molecule has 2 aromatic rings. The van der Waals surface area contributed by atoms with Crippen molar-refractivity contribution in [3.63, 3.8) is 0 Å². The minimum absolute atomic E-state index is 0.321. The molecule has 10 nitrogen and oxygen atoms in total. The maximum atomic E-state index is 12.6. The molecule has 2 heterocycles. The van der Waals surface area contributed by atoms with Crippen LogP contribution < -0.4 is 26.2 Å². The van der Waals surface area contributed by atoms with Gasteiger partial charge in [-0.15, -0.1) is 11.3 Å². The van der Waals surface area contributed by atoms with E-state index in [2.05, 4.69) is 37.2 Å². The van der Waals surface area contributed by atoms with E-state index in [4.69, 9.17) is 5.11 Å². The van der Waals surface area contributed by atoms with Gasteiger partial charge in [-0.05, 0) is 43.9 Å². The van der Waals surface area contributed by atoms with E-state index in [0.29, 0.717) is 18.1 Å². The lowest BCUT2D eigenvalue weighted by Gasteiger charge is -2.30. The summed E-state index contributed by atoms with van der Waals surface area (Å²) >= 11 is 1.32. The highest BCUT2D eigenvalue weighted by Crippen LogP contribution is 2.30. The zero-order valence-corrected chi connectivity index (χ0v) is 18.8. The van der Waals surface area contributed by atoms with Crippen molar-refractivity contribution in [2.24, 2.45) is 0 Å². The van der Waals surface area contributed by atoms with Gasteiger partial charge in [0.25, 0.3) is 0 Å². The van der Waals surface area contributed by atoms with Crippen molar-refractivity contribution < 1.29 is 19.5 Å². The zero-order valence-electron chi connectivity index (χ0n) is 17.9. The van der Waals surface area contributed by atoms with E-state index in [1.165, 1.54) is 17.8 Å². The number of thiazole rings is 1. The van der Waals surface area contributed by atoms with Crippen molar-refractivity contribution >= 4 is 45.9 Å². The summed E-state index contributed by atoms with van der Waals surface area (Å²) in [6.07, 6.45) is 5.69. The smallest absolute Gasteiger partial charge is 0.325 e. The van der Waals surface area contributed by atoms with Gasteiger partial charge in [0.05, 0.1) is 11.4 Å². The number of benzene rings is 1. The third-order valence-corrected chi connectivity index (χ3v) is 5.90. The van der Waals surface area contributed by atoms with Crippen LogP contribution in [0.4, 0.5) is 26.1 Å². The molecule has 4 amide bonds. The number of anilines is 3. The molecule has 3 rings (SSSR count). The Balaban J connectivity index is 1.50. The number of amides is 4. The van der Waals surface area contributed by atoms with E-state index < -0.39 is 18.5 Å². The molecule has 0 radical (unpaired) electrons. The molecule has 0 atom stereocenters. The number of urea groups is 2. The minimum atomic E-state index is -1.11. The predicted octanol–water partition coefficient (Wildman–Crippen LogP) is 3.01. The van der Waals surface area contributed by atoms with Gasteiger partial charge in [0.2, 0.25) is 0 Å². The van der Waals surface area contributed by atoms with Gasteiger partial charge in [-0.1, -0.05) is 6.07 Å². The Bertz CT molecular complexity index is 958. The fourth-order valence-electron chi connectivity index (χ4n) is 3.39. The van der Waals surface area contributed by atoms with Crippen LogP contribution in [0.5, 0.6) is 0 Å². The minimum Gasteiger partial charge on any atom is -0.480 e. The number of hydrogen-bond donors (Lipinski definition) is 5. The highest BCUT2D eigenvalue weighted by Gasteiger charge is 2.16. The van der Waals surface area contributed by atoms with Crippen LogP contribution in [0.1, 0.15) is 29.7 Å². The van der Waals surface area contributed by atoms with Crippen molar-refractivity contribution in [2.75, 3.05) is 41.7 Å². The Morgan fingerprint density at radius 1 is 1.09 bits per heavy atom. The van der Waals surface area contributed by atoms with Gasteiger partial charge in [0, 0.05) is 37.1 Å². The summed E-state index contributed by atoms with van der Waals surface area (Å²) in [7, 11) is 0. The first-order valence-electron chi connectivity index (χ1n) is 10.5. The van der Waals surface area contributed by atoms with E-state index >= 15 is 0 Å². The molecule has 1 aliphatic heterocycles. The number of carboxylic acids is 1. The van der Waals surface area contributed by atoms with E-state index in [1.54, 1.807) is 6.20 Å². The van der Waals surface area contributed by atoms with Crippen LogP contribution >= 0.6 is 11.3 Å². The third kappa shape index (κ3) is 7.12. The summed E-state index contributed by atoms with van der Waals surface area (Å²) in [5, 5.41) is 19.5. The van der Waals surface area contributed by atoms with Crippen molar-refractivity contribution in [2.45, 2.75) is 32.6 Å². The summed E-state index contributed by atoms with van der Waals surface area (Å²) in [4.78, 5) is 41.8. The first-order valence-corrected chi connectivity index (χ1v) is 11.3. The number of aliphatic carboxylic acids is 1. The molecule has 1 aromatic carbocycles. The van der Waals surface area contributed by atoms with E-state index in [1.807, 2.05) is 19.1 Å². The first-order chi connectivity index (χ1) is 15.4. The monoisotopic (exact) mass is 460 g/mol. The van der Waals surface area contributed by atoms with Crippen molar-refractivity contribution in [3.05, 3.63) is 34.8 Å². The van der Waals surface area contributed by atoms with Crippen LogP contribution in [0, 0.1) is 6.92 Å². The lowest BCUT2D eigenvalue weighted by molar-refractivity contribution is -0.135. The Labute approximate surface area is 190 Å². The number of aromatic nitrogens is 1. The number of piperidine rings is 1. The molecule has 0 spiro atoms. The van der Waals surface area contributed by atoms with Crippen LogP contribution in [0.25, 0.3) is 0 Å². The third-order valence-electron chi connectivity index (χ3n) is 4.93. The molecule has 1 aromatic heterocycles. The molecule has 5 N–H and O–H groups in total. The van der Waals surface area contributed by atoms with Gasteiger partial charge in [0.1, 0.15) is 6.54 Å². The molecular formula is C21H28N6O4S. The molecular weight excluding hydrogens is 432 g/mol. The zero-order chi connectivity index (χ0) is 22.9. The second-order valence-electron chi connectivity index (χ2n) is 7.53. The Morgan fingerprint density at radius 2 is 1.88 bits per heavy atom. The average Bonchev–Trinajstić information content (AvgIpc) is 3.21. The summed E-state index contributed by atoms with van der Waals surface area (Å²) in [6, 6.07) is 5.09. The van der Waals surface area contributed by atoms with Crippen LogP contribution in [0.3, 0.4) is 0 Å². The number of aryl methyl sites for hydroxylation is 1. The molecule has 1 saturated heterocycles. The van der Waals surface area contributed by atoms with E-state index in [9.17, 15) is 14.4 Å². The standard InChI is InChI=1S/C21H28N6O4S/c1-14-5-6-16(17(11-14)27-9-3-2-4-10-27)25-20(31)26-21-24-12-15(32-21)7-8-22-19(30)23-13-18(28)29/h5-6,11-12H,2-4,7-10,13H2,1H3,(H,28,29)(H2,22,23,30)(H2,24,25,26,31). The summed E-state index contributed by atoms with van der Waals surface area (Å²) in [5.41, 5.74) is 2.95. The fourth-order valence-corrected chi connectivity index (χ4v) is 4.20. The molecule has 1 aliphatic rings. The van der Waals surface area contributed by atoms with Crippen LogP contribution in [0.15, 0.2) is 24.4 Å². The van der Waals surface area contributed by atoms with Gasteiger partial charge >= 0.3 is 18.0 Å². The molecule has 1 fully saturated rings. The van der Waals surface area contributed by atoms with Crippen LogP contribution in [-0.4, -0.2) is 54.3 Å². The number of rotatable bonds is 8. The number of hydrogen-bond acceptors (Lipinski definition) is 6. The van der Waals surface area contributed by atoms with Crippen molar-refractivity contribution in [3.8, 4) is 0 Å². The largest absolute Gasteiger partial charge is 0.480 e. The second-order valence-corrected chi connectivity index (χ2v) is 8.65. The molecule has 0 bridgehead atoms. The SMILES string of the molecule is Cc1ccc(NC(=O)Nc2ncc(CCNC(=O)NCC(=O)O)s2)c(N2CCCCC2)c1. The molecule has 32 heavy (non-hydrogen) atoms. The number of carbonyl (C=O) groups excluding carboxylic acids is 2. The topological polar surface area (TPSA) is 136 Å². The quantitative estimate of drug-likeness (QED) is 0.411. The Morgan fingerprint density at radius 3 is 2.62 bits per heavy atom. The average molecular weight is 461 g/mol. The summed E-state index contributed by atoms with van der Waals surface area (Å²) in [6.45, 7) is 3.90. The molecule has 0 unspecified atom stereocenters. The molecule has 0 saturated carbocycles. The normalized spacial score (nSPS) is 13.3. The van der Waals surface area contributed by atoms with Gasteiger partial charge < -0.3 is 26.0 Å². The number of nitrogens with zero attached hydrogens (tertiary/aromatic N) is 2. The van der Waals surface area contributed by atoms with Gasteiger partial charge in [0.15, 0.2) is 5.13 Å². The van der Waals surface area contributed by atoms with Crippen LogP contribution in [0.2, 0.25) is 0 Å². The van der Waals surface area contributed by atoms with Crippen molar-refractivity contribution in [1.82, 2.24) is 15.6 Å². The highest BCUT2D eigenvalue weighted by molar-refractivity contribution is 7.15. The van der Waals surface area contributed by atoms with E-state index in [-0.39, 0.29) is 6.03 Å². The van der Waals surface area contributed by atoms with Gasteiger partial charge in [-0.25, -0.2) is 14.6 Å². The second kappa shape index (κ2) is 11.3. The molecule has 11 heteroatoms. The predicted molar refractivity (Wildman–Crippen MR) is 125 cm³/mol. The lowest BCUT2D eigenvalue weighted by atomic mass is 10.1. The van der Waals surface area contributed by atoms with Gasteiger partial charge in [-0.2, -0.15) is 0 Å². The molecule has 172 valence electrons. The first kappa shape index (κ1) is 23.3. The Kier molecular flexibility index (Phi) is 8.26. The van der Waals surface area contributed by atoms with Crippen LogP contribution in [-0.2, 0) is 11.2 Å². The fraction of sp³-hybridized carbons (Fsp3) is 0.429. The molecule has 0 aliphatic carbocycles. The number of nitrogens with one attached hydrogen (secondary N) is 4. The Hall–Kier alpha value is -3.34. The van der Waals surface area contributed by atoms with Gasteiger partial charge in [-0.3, -0.25) is 10.1 Å². The highest BCUT2D eigenvalue weighted by atomic mass is 32.1. The summed E-state index contributed by atoms with van der Waals surface area (Å²) in [5.74, 6) is -1.11.